The zero-order valence-electron chi connectivity index (χ0n) is 5.52. The summed E-state index contributed by atoms with van der Waals surface area (Å²) in [6, 6.07) is 3.70. The van der Waals surface area contributed by atoms with Crippen molar-refractivity contribution in [2.75, 3.05) is 0 Å². The van der Waals surface area contributed by atoms with Crippen LogP contribution < -0.4 is 0 Å². The molecule has 0 unspecified atom stereocenters. The summed E-state index contributed by atoms with van der Waals surface area (Å²) in [6.45, 7) is 0. The first-order valence-electron chi connectivity index (χ1n) is 2.87. The number of thiol groups is 1. The van der Waals surface area contributed by atoms with Gasteiger partial charge in [0.25, 0.3) is 0 Å². The minimum Gasteiger partial charge on any atom is -0.477 e. The summed E-state index contributed by atoms with van der Waals surface area (Å²) in [5.41, 5.74) is 0. The second-order valence-corrected chi connectivity index (χ2v) is 3.31. The van der Waals surface area contributed by atoms with Crippen LogP contribution in [0.3, 0.4) is 0 Å². The van der Waals surface area contributed by atoms with Gasteiger partial charge < -0.3 is 5.11 Å². The van der Waals surface area contributed by atoms with Crippen LogP contribution in [0.25, 0.3) is 6.08 Å². The lowest BCUT2D eigenvalue weighted by molar-refractivity contribution is -0.131. The Morgan fingerprint density at radius 3 is 2.91 bits per heavy atom. The van der Waals surface area contributed by atoms with E-state index in [0.29, 0.717) is 0 Å². The Bertz CT molecular complexity index is 275. The standard InChI is InChI=1S/C7H6O2S2/c8-7(9)6(10)4-5-2-1-3-11-5/h1-4,10H,(H,8,9)/b6-4+. The Labute approximate surface area is 73.6 Å². The van der Waals surface area contributed by atoms with E-state index in [1.807, 2.05) is 17.5 Å². The van der Waals surface area contributed by atoms with E-state index in [1.165, 1.54) is 17.4 Å². The van der Waals surface area contributed by atoms with Gasteiger partial charge in [-0.25, -0.2) is 4.79 Å². The van der Waals surface area contributed by atoms with Crippen molar-refractivity contribution in [3.63, 3.8) is 0 Å². The lowest BCUT2D eigenvalue weighted by Crippen LogP contribution is -1.92. The molecule has 1 aromatic heterocycles. The molecule has 0 aromatic carbocycles. The van der Waals surface area contributed by atoms with E-state index in [4.69, 9.17) is 5.11 Å². The molecule has 4 heteroatoms. The van der Waals surface area contributed by atoms with Crippen molar-refractivity contribution in [3.05, 3.63) is 27.3 Å². The third kappa shape index (κ3) is 2.40. The Kier molecular flexibility index (Phi) is 2.73. The lowest BCUT2D eigenvalue weighted by atomic mass is 10.4. The average Bonchev–Trinajstić information content (AvgIpc) is 2.39. The summed E-state index contributed by atoms with van der Waals surface area (Å²) in [7, 11) is 0. The fraction of sp³-hybridized carbons (Fsp3) is 0. The SMILES string of the molecule is O=C(O)/C(S)=C\c1cccs1. The number of carboxylic acid groups (broad SMARTS) is 1. The molecule has 0 aliphatic heterocycles. The molecule has 0 amide bonds. The molecule has 1 rings (SSSR count). The van der Waals surface area contributed by atoms with Gasteiger partial charge in [-0.1, -0.05) is 6.07 Å². The van der Waals surface area contributed by atoms with Gasteiger partial charge in [-0.05, 0) is 17.5 Å². The summed E-state index contributed by atoms with van der Waals surface area (Å²) in [4.78, 5) is 11.2. The predicted octanol–water partition coefficient (Wildman–Crippen LogP) is 2.10. The minimum absolute atomic E-state index is 0.0625. The Morgan fingerprint density at radius 2 is 2.45 bits per heavy atom. The fourth-order valence-electron chi connectivity index (χ4n) is 0.570. The van der Waals surface area contributed by atoms with Crippen LogP contribution in [0, 0.1) is 0 Å². The topological polar surface area (TPSA) is 37.3 Å². The van der Waals surface area contributed by atoms with Gasteiger partial charge in [0, 0.05) is 4.88 Å². The maximum atomic E-state index is 10.3. The number of rotatable bonds is 2. The molecule has 1 heterocycles. The van der Waals surface area contributed by atoms with Crippen LogP contribution in [0.4, 0.5) is 0 Å². The smallest absolute Gasteiger partial charge is 0.341 e. The maximum absolute atomic E-state index is 10.3. The Balaban J connectivity index is 2.82. The highest BCUT2D eigenvalue weighted by Crippen LogP contribution is 2.14. The molecule has 58 valence electrons. The van der Waals surface area contributed by atoms with Crippen molar-refractivity contribution < 1.29 is 9.90 Å². The van der Waals surface area contributed by atoms with Crippen LogP contribution in [0.15, 0.2) is 22.4 Å². The van der Waals surface area contributed by atoms with Crippen LogP contribution in [0.5, 0.6) is 0 Å². The van der Waals surface area contributed by atoms with Crippen LogP contribution in [0.2, 0.25) is 0 Å². The summed E-state index contributed by atoms with van der Waals surface area (Å²) in [5.74, 6) is -0.998. The van der Waals surface area contributed by atoms with Crippen molar-refractivity contribution in [2.45, 2.75) is 0 Å². The van der Waals surface area contributed by atoms with Gasteiger partial charge in [0.15, 0.2) is 0 Å². The van der Waals surface area contributed by atoms with E-state index in [9.17, 15) is 4.79 Å². The molecule has 0 aliphatic rings. The number of thiophene rings is 1. The fourth-order valence-corrected chi connectivity index (χ4v) is 1.45. The molecule has 0 aliphatic carbocycles. The molecular formula is C7H6O2S2. The van der Waals surface area contributed by atoms with Crippen molar-refractivity contribution in [2.24, 2.45) is 0 Å². The lowest BCUT2D eigenvalue weighted by Gasteiger charge is -1.88. The van der Waals surface area contributed by atoms with Gasteiger partial charge in [0.1, 0.15) is 0 Å². The Hall–Kier alpha value is -0.740. The predicted molar refractivity (Wildman–Crippen MR) is 48.9 cm³/mol. The summed E-state index contributed by atoms with van der Waals surface area (Å²) in [6.07, 6.45) is 1.52. The van der Waals surface area contributed by atoms with E-state index in [-0.39, 0.29) is 4.91 Å². The molecule has 0 atom stereocenters. The van der Waals surface area contributed by atoms with Gasteiger partial charge in [-0.15, -0.1) is 24.0 Å². The number of carbonyl (C=O) groups is 1. The Morgan fingerprint density at radius 1 is 1.73 bits per heavy atom. The molecular weight excluding hydrogens is 180 g/mol. The van der Waals surface area contributed by atoms with Crippen LogP contribution >= 0.6 is 24.0 Å². The van der Waals surface area contributed by atoms with E-state index in [0.717, 1.165) is 4.88 Å². The molecule has 1 N–H and O–H groups in total. The van der Waals surface area contributed by atoms with Gasteiger partial charge in [-0.3, -0.25) is 0 Å². The summed E-state index contributed by atoms with van der Waals surface area (Å²) < 4.78 is 0. The molecule has 0 saturated carbocycles. The summed E-state index contributed by atoms with van der Waals surface area (Å²) in [5, 5.41) is 10.3. The van der Waals surface area contributed by atoms with Crippen LogP contribution in [-0.2, 0) is 4.79 Å². The van der Waals surface area contributed by atoms with Crippen LogP contribution in [0.1, 0.15) is 4.88 Å². The largest absolute Gasteiger partial charge is 0.477 e. The highest BCUT2D eigenvalue weighted by atomic mass is 32.1. The zero-order valence-corrected chi connectivity index (χ0v) is 7.23. The third-order valence-electron chi connectivity index (χ3n) is 1.04. The quantitative estimate of drug-likeness (QED) is 0.548. The first-order valence-corrected chi connectivity index (χ1v) is 4.20. The normalized spacial score (nSPS) is 11.5. The molecule has 2 nitrogen and oxygen atoms in total. The van der Waals surface area contributed by atoms with Gasteiger partial charge in [0.2, 0.25) is 0 Å². The van der Waals surface area contributed by atoms with E-state index in [2.05, 4.69) is 12.6 Å². The van der Waals surface area contributed by atoms with Gasteiger partial charge in [-0.2, -0.15) is 0 Å². The number of aliphatic carboxylic acids is 1. The van der Waals surface area contributed by atoms with Crippen molar-refractivity contribution in [1.29, 1.82) is 0 Å². The maximum Gasteiger partial charge on any atom is 0.341 e. The number of carboxylic acids is 1. The first kappa shape index (κ1) is 8.36. The molecule has 0 saturated heterocycles. The van der Waals surface area contributed by atoms with E-state index in [1.54, 1.807) is 0 Å². The van der Waals surface area contributed by atoms with Gasteiger partial charge in [0.05, 0.1) is 4.91 Å². The second-order valence-electron chi connectivity index (χ2n) is 1.85. The molecule has 11 heavy (non-hydrogen) atoms. The number of hydrogen-bond acceptors (Lipinski definition) is 3. The molecule has 0 radical (unpaired) electrons. The molecule has 0 spiro atoms. The van der Waals surface area contributed by atoms with Crippen molar-refractivity contribution in [3.8, 4) is 0 Å². The van der Waals surface area contributed by atoms with Crippen molar-refractivity contribution in [1.82, 2.24) is 0 Å². The molecule has 0 bridgehead atoms. The van der Waals surface area contributed by atoms with Gasteiger partial charge >= 0.3 is 5.97 Å². The third-order valence-corrected chi connectivity index (χ3v) is 2.18. The zero-order chi connectivity index (χ0) is 8.27. The molecule has 1 aromatic rings. The monoisotopic (exact) mass is 186 g/mol. The van der Waals surface area contributed by atoms with Crippen molar-refractivity contribution >= 4 is 36.0 Å². The highest BCUT2D eigenvalue weighted by Gasteiger charge is 2.00. The number of hydrogen-bond donors (Lipinski definition) is 2. The minimum atomic E-state index is -0.998. The second kappa shape index (κ2) is 3.59. The highest BCUT2D eigenvalue weighted by molar-refractivity contribution is 7.85. The first-order chi connectivity index (χ1) is 5.20. The summed E-state index contributed by atoms with van der Waals surface area (Å²) >= 11 is 5.26. The average molecular weight is 186 g/mol. The van der Waals surface area contributed by atoms with Crippen LogP contribution in [-0.4, -0.2) is 11.1 Å². The molecule has 0 fully saturated rings. The van der Waals surface area contributed by atoms with E-state index >= 15 is 0 Å². The van der Waals surface area contributed by atoms with E-state index < -0.39 is 5.97 Å².